The summed E-state index contributed by atoms with van der Waals surface area (Å²) in [5.41, 5.74) is 0.872. The molecule has 2 rings (SSSR count). The molecule has 1 aromatic heterocycles. The van der Waals surface area contributed by atoms with Crippen molar-refractivity contribution in [3.05, 3.63) is 61.4 Å². The average Bonchev–Trinajstić information content (AvgIpc) is 2.40. The molecule has 0 saturated heterocycles. The van der Waals surface area contributed by atoms with E-state index in [9.17, 15) is 9.59 Å². The molecule has 0 spiro atoms. The van der Waals surface area contributed by atoms with E-state index in [1.165, 1.54) is 12.3 Å². The number of aromatic nitrogens is 1. The fourth-order valence-corrected chi connectivity index (χ4v) is 2.45. The Morgan fingerprint density at radius 1 is 1.24 bits per heavy atom. The Kier molecular flexibility index (Phi) is 4.93. The number of benzene rings is 1. The lowest BCUT2D eigenvalue weighted by atomic mass is 10.2. The maximum Gasteiger partial charge on any atom is 0.269 e. The van der Waals surface area contributed by atoms with Crippen molar-refractivity contribution in [2.45, 2.75) is 13.5 Å². The summed E-state index contributed by atoms with van der Waals surface area (Å²) >= 11 is 17.5. The number of anilines is 1. The number of amides is 1. The minimum absolute atomic E-state index is 0.0331. The minimum Gasteiger partial charge on any atom is -0.324 e. The number of nitrogens with one attached hydrogen (secondary N) is 1. The largest absolute Gasteiger partial charge is 0.324 e. The lowest BCUT2D eigenvalue weighted by Crippen LogP contribution is -2.27. The van der Waals surface area contributed by atoms with E-state index in [-0.39, 0.29) is 22.5 Å². The van der Waals surface area contributed by atoms with Gasteiger partial charge in [-0.25, -0.2) is 0 Å². The number of hydrogen-bond acceptors (Lipinski definition) is 2. The van der Waals surface area contributed by atoms with Crippen LogP contribution in [-0.4, -0.2) is 10.5 Å². The Labute approximate surface area is 136 Å². The van der Waals surface area contributed by atoms with Crippen LogP contribution in [0.15, 0.2) is 35.3 Å². The van der Waals surface area contributed by atoms with Gasteiger partial charge in [-0.2, -0.15) is 0 Å². The van der Waals surface area contributed by atoms with Crippen molar-refractivity contribution in [1.29, 1.82) is 0 Å². The zero-order chi connectivity index (χ0) is 15.6. The minimum atomic E-state index is -0.473. The maximum absolute atomic E-state index is 12.0. The predicted molar refractivity (Wildman–Crippen MR) is 85.5 cm³/mol. The first kappa shape index (κ1) is 15.9. The van der Waals surface area contributed by atoms with Crippen LogP contribution in [0.1, 0.15) is 5.56 Å². The monoisotopic (exact) mass is 344 g/mol. The number of hydrogen-bond donors (Lipinski definition) is 1. The van der Waals surface area contributed by atoms with Crippen LogP contribution in [-0.2, 0) is 11.3 Å². The van der Waals surface area contributed by atoms with Gasteiger partial charge in [0.25, 0.3) is 5.56 Å². The molecule has 2 aromatic rings. The molecule has 1 N–H and O–H groups in total. The van der Waals surface area contributed by atoms with Crippen LogP contribution < -0.4 is 10.9 Å². The molecule has 0 aliphatic heterocycles. The van der Waals surface area contributed by atoms with Gasteiger partial charge in [-0.15, -0.1) is 0 Å². The summed E-state index contributed by atoms with van der Waals surface area (Å²) in [4.78, 5) is 23.8. The van der Waals surface area contributed by atoms with E-state index >= 15 is 0 Å². The maximum atomic E-state index is 12.0. The van der Waals surface area contributed by atoms with Crippen molar-refractivity contribution < 1.29 is 4.79 Å². The molecule has 0 atom stereocenters. The Morgan fingerprint density at radius 2 is 1.95 bits per heavy atom. The van der Waals surface area contributed by atoms with Gasteiger partial charge >= 0.3 is 0 Å². The first-order chi connectivity index (χ1) is 9.88. The number of carbonyl (C=O) groups is 1. The summed E-state index contributed by atoms with van der Waals surface area (Å²) in [6.07, 6.45) is 1.36. The fourth-order valence-electron chi connectivity index (χ4n) is 1.77. The zero-order valence-corrected chi connectivity index (χ0v) is 13.3. The highest BCUT2D eigenvalue weighted by Gasteiger charge is 2.10. The highest BCUT2D eigenvalue weighted by molar-refractivity contribution is 6.34. The van der Waals surface area contributed by atoms with E-state index in [1.54, 1.807) is 25.1 Å². The molecule has 0 aliphatic carbocycles. The second-order valence-electron chi connectivity index (χ2n) is 4.40. The first-order valence-electron chi connectivity index (χ1n) is 5.99. The molecule has 0 saturated carbocycles. The standard InChI is InChI=1S/C14H11Cl3N2O2/c1-8-10(16)3-2-4-12(8)18-13(20)7-19-6-9(15)5-11(17)14(19)21/h2-6H,7H2,1H3,(H,18,20). The summed E-state index contributed by atoms with van der Waals surface area (Å²) in [5.74, 6) is -0.374. The van der Waals surface area contributed by atoms with Gasteiger partial charge in [0, 0.05) is 16.9 Å². The number of rotatable bonds is 3. The molecule has 0 bridgehead atoms. The number of pyridine rings is 1. The summed E-state index contributed by atoms with van der Waals surface area (Å²) in [5, 5.41) is 3.50. The van der Waals surface area contributed by atoms with Crippen LogP contribution in [0.5, 0.6) is 0 Å². The number of carbonyl (C=O) groups excluding carboxylic acids is 1. The van der Waals surface area contributed by atoms with Crippen molar-refractivity contribution >= 4 is 46.4 Å². The average molecular weight is 346 g/mol. The van der Waals surface area contributed by atoms with Crippen LogP contribution in [0.4, 0.5) is 5.69 Å². The first-order valence-corrected chi connectivity index (χ1v) is 7.12. The molecule has 0 fully saturated rings. The van der Waals surface area contributed by atoms with Crippen LogP contribution >= 0.6 is 34.8 Å². The van der Waals surface area contributed by atoms with Gasteiger partial charge < -0.3 is 9.88 Å². The Hall–Kier alpha value is -1.49. The van der Waals surface area contributed by atoms with E-state index in [4.69, 9.17) is 34.8 Å². The molecule has 4 nitrogen and oxygen atoms in total. The molecule has 0 unspecified atom stereocenters. The van der Waals surface area contributed by atoms with Gasteiger partial charge in [-0.05, 0) is 30.7 Å². The second kappa shape index (κ2) is 6.52. The molecular formula is C14H11Cl3N2O2. The normalized spacial score (nSPS) is 10.5. The van der Waals surface area contributed by atoms with Crippen molar-refractivity contribution in [3.63, 3.8) is 0 Å². The Balaban J connectivity index is 2.20. The summed E-state index contributed by atoms with van der Waals surface area (Å²) in [7, 11) is 0. The third kappa shape index (κ3) is 3.79. The highest BCUT2D eigenvalue weighted by atomic mass is 35.5. The summed E-state index contributed by atoms with van der Waals surface area (Å²) < 4.78 is 1.15. The fraction of sp³-hybridized carbons (Fsp3) is 0.143. The lowest BCUT2D eigenvalue weighted by Gasteiger charge is -2.11. The molecule has 110 valence electrons. The quantitative estimate of drug-likeness (QED) is 0.921. The SMILES string of the molecule is Cc1c(Cl)cccc1NC(=O)Cn1cc(Cl)cc(Cl)c1=O. The molecule has 0 radical (unpaired) electrons. The Bertz CT molecular complexity index is 756. The third-order valence-corrected chi connectivity index (χ3v) is 3.75. The van der Waals surface area contributed by atoms with Gasteiger partial charge in [0.1, 0.15) is 11.6 Å². The summed E-state index contributed by atoms with van der Waals surface area (Å²) in [6, 6.07) is 6.52. The van der Waals surface area contributed by atoms with E-state index in [0.717, 1.165) is 10.1 Å². The third-order valence-electron chi connectivity index (χ3n) is 2.86. The van der Waals surface area contributed by atoms with Gasteiger partial charge in [0.05, 0.1) is 5.02 Å². The zero-order valence-electron chi connectivity index (χ0n) is 11.0. The van der Waals surface area contributed by atoms with E-state index in [2.05, 4.69) is 5.32 Å². The van der Waals surface area contributed by atoms with Crippen LogP contribution in [0.3, 0.4) is 0 Å². The van der Waals surface area contributed by atoms with Crippen LogP contribution in [0, 0.1) is 6.92 Å². The molecule has 0 aliphatic rings. The summed E-state index contributed by atoms with van der Waals surface area (Å²) in [6.45, 7) is 1.60. The van der Waals surface area contributed by atoms with E-state index in [1.807, 2.05) is 0 Å². The lowest BCUT2D eigenvalue weighted by molar-refractivity contribution is -0.116. The second-order valence-corrected chi connectivity index (χ2v) is 5.65. The molecular weight excluding hydrogens is 335 g/mol. The smallest absolute Gasteiger partial charge is 0.269 e. The van der Waals surface area contributed by atoms with Crippen LogP contribution in [0.25, 0.3) is 0 Å². The number of halogens is 3. The number of nitrogens with zero attached hydrogens (tertiary/aromatic N) is 1. The van der Waals surface area contributed by atoms with Gasteiger partial charge in [-0.1, -0.05) is 40.9 Å². The molecule has 1 amide bonds. The van der Waals surface area contributed by atoms with E-state index in [0.29, 0.717) is 10.7 Å². The topological polar surface area (TPSA) is 51.1 Å². The van der Waals surface area contributed by atoms with E-state index < -0.39 is 5.56 Å². The molecule has 1 heterocycles. The molecule has 21 heavy (non-hydrogen) atoms. The van der Waals surface area contributed by atoms with Crippen molar-refractivity contribution in [1.82, 2.24) is 4.57 Å². The predicted octanol–water partition coefficient (Wildman–Crippen LogP) is 3.76. The van der Waals surface area contributed by atoms with Gasteiger partial charge in [0.15, 0.2) is 0 Å². The van der Waals surface area contributed by atoms with Crippen LogP contribution in [0.2, 0.25) is 15.1 Å². The Morgan fingerprint density at radius 3 is 2.67 bits per heavy atom. The van der Waals surface area contributed by atoms with Gasteiger partial charge in [-0.3, -0.25) is 9.59 Å². The molecule has 7 heteroatoms. The van der Waals surface area contributed by atoms with Gasteiger partial charge in [0.2, 0.25) is 5.91 Å². The molecule has 1 aromatic carbocycles. The van der Waals surface area contributed by atoms with Crippen molar-refractivity contribution in [2.75, 3.05) is 5.32 Å². The van der Waals surface area contributed by atoms with Crippen molar-refractivity contribution in [2.24, 2.45) is 0 Å². The highest BCUT2D eigenvalue weighted by Crippen LogP contribution is 2.22. The van der Waals surface area contributed by atoms with Crippen molar-refractivity contribution in [3.8, 4) is 0 Å².